The Balaban J connectivity index is 0.000000121. The Labute approximate surface area is 352 Å². The highest BCUT2D eigenvalue weighted by Crippen LogP contribution is 2.35. The summed E-state index contributed by atoms with van der Waals surface area (Å²) in [5, 5.41) is 25.2. The second-order valence-corrected chi connectivity index (χ2v) is 16.3. The molecule has 16 heteroatoms. The molecule has 4 unspecified atom stereocenters. The van der Waals surface area contributed by atoms with E-state index in [-0.39, 0.29) is 59.9 Å². The minimum Gasteiger partial charge on any atom is -0.487 e. The van der Waals surface area contributed by atoms with Crippen molar-refractivity contribution in [2.45, 2.75) is 100 Å². The van der Waals surface area contributed by atoms with E-state index >= 15 is 0 Å². The van der Waals surface area contributed by atoms with E-state index in [9.17, 15) is 27.8 Å². The molecule has 10 nitrogen and oxygen atoms in total. The van der Waals surface area contributed by atoms with Crippen LogP contribution in [0.15, 0.2) is 72.8 Å². The Morgan fingerprint density at radius 1 is 0.483 bits per heavy atom. The van der Waals surface area contributed by atoms with Crippen LogP contribution < -0.4 is 29.1 Å². The van der Waals surface area contributed by atoms with E-state index in [1.165, 1.54) is 36.4 Å². The number of epoxide rings is 2. The highest BCUT2D eigenvalue weighted by atomic mass is 31.0. The topological polar surface area (TPSA) is 127 Å². The molecule has 2 saturated heterocycles. The van der Waals surface area contributed by atoms with E-state index in [2.05, 4.69) is 29.0 Å². The Bertz CT molecular complexity index is 1900. The van der Waals surface area contributed by atoms with Crippen LogP contribution in [0.5, 0.6) is 23.0 Å². The molecule has 10 atom stereocenters. The van der Waals surface area contributed by atoms with Crippen molar-refractivity contribution >= 4 is 18.8 Å². The van der Waals surface area contributed by atoms with Gasteiger partial charge in [0.15, 0.2) is 0 Å². The van der Waals surface area contributed by atoms with Crippen molar-refractivity contribution in [2.75, 3.05) is 26.3 Å². The van der Waals surface area contributed by atoms with Crippen LogP contribution in [-0.2, 0) is 35.2 Å². The molecule has 6 aliphatic rings. The number of fused-ring (bicyclic) bond motifs is 4. The first kappa shape index (κ1) is 44.5. The first-order chi connectivity index (χ1) is 29.1. The van der Waals surface area contributed by atoms with E-state index in [0.29, 0.717) is 37.4 Å². The van der Waals surface area contributed by atoms with E-state index < -0.39 is 12.2 Å². The number of ether oxygens (including phenoxy) is 6. The monoisotopic (exact) mass is 874 g/mol. The summed E-state index contributed by atoms with van der Waals surface area (Å²) in [4.78, 5) is 0. The van der Waals surface area contributed by atoms with Crippen molar-refractivity contribution in [3.05, 3.63) is 118 Å². The van der Waals surface area contributed by atoms with Gasteiger partial charge in [-0.1, -0.05) is 18.8 Å². The molecule has 324 valence electrons. The van der Waals surface area contributed by atoms with Crippen LogP contribution in [0.3, 0.4) is 0 Å². The smallest absolute Gasteiger partial charge is 0.127 e. The minimum absolute atomic E-state index is 0.174. The lowest BCUT2D eigenvalue weighted by Crippen LogP contribution is -2.39. The van der Waals surface area contributed by atoms with Crippen molar-refractivity contribution in [3.8, 4) is 23.0 Å². The third-order valence-corrected chi connectivity index (χ3v) is 11.5. The number of halogens is 4. The van der Waals surface area contributed by atoms with Crippen molar-refractivity contribution in [3.63, 3.8) is 0 Å². The predicted octanol–water partition coefficient (Wildman–Crippen LogP) is 6.36. The molecule has 10 rings (SSSR count). The number of nitrogens with one attached hydrogen (secondary N) is 2. The van der Waals surface area contributed by atoms with Gasteiger partial charge in [-0.2, -0.15) is 0 Å². The van der Waals surface area contributed by atoms with E-state index in [0.717, 1.165) is 85.5 Å². The zero-order valence-electron chi connectivity index (χ0n) is 33.0. The summed E-state index contributed by atoms with van der Waals surface area (Å²) >= 11 is 0. The van der Waals surface area contributed by atoms with E-state index in [1.54, 1.807) is 36.4 Å². The lowest BCUT2D eigenvalue weighted by atomic mass is 9.99. The number of aliphatic hydroxyl groups excluding tert-OH is 2. The highest BCUT2D eigenvalue weighted by Gasteiger charge is 2.38. The predicted molar refractivity (Wildman–Crippen MR) is 223 cm³/mol. The first-order valence-electron chi connectivity index (χ1n) is 20.3. The molecule has 2 fully saturated rings. The van der Waals surface area contributed by atoms with Gasteiger partial charge in [-0.25, -0.2) is 17.6 Å². The lowest BCUT2D eigenvalue weighted by Gasteiger charge is -2.29. The normalized spacial score (nSPS) is 24.9. The van der Waals surface area contributed by atoms with Crippen molar-refractivity contribution in [1.29, 1.82) is 0 Å². The maximum Gasteiger partial charge on any atom is 0.127 e. The maximum absolute atomic E-state index is 13.0. The highest BCUT2D eigenvalue weighted by molar-refractivity contribution is 7.13. The average Bonchev–Trinajstić information content (AvgIpc) is 4.19. The van der Waals surface area contributed by atoms with Crippen LogP contribution in [0.4, 0.5) is 17.6 Å². The number of benzene rings is 4. The fraction of sp³-hybridized carbons (Fsp3) is 0.455. The number of hydrogen-bond acceptors (Lipinski definition) is 10. The molecule has 4 aromatic rings. The molecule has 6 aliphatic heterocycles. The van der Waals surface area contributed by atoms with E-state index in [1.807, 2.05) is 0 Å². The van der Waals surface area contributed by atoms with Gasteiger partial charge < -0.3 is 38.6 Å². The van der Waals surface area contributed by atoms with Crippen LogP contribution in [0.2, 0.25) is 0 Å². The van der Waals surface area contributed by atoms with Crippen molar-refractivity contribution in [1.82, 2.24) is 10.2 Å². The largest absolute Gasteiger partial charge is 0.487 e. The summed E-state index contributed by atoms with van der Waals surface area (Å²) in [7, 11) is 4.69. The number of aryl methyl sites for hydroxylation is 4. The van der Waals surface area contributed by atoms with Gasteiger partial charge >= 0.3 is 0 Å². The molecule has 0 spiro atoms. The summed E-state index contributed by atoms with van der Waals surface area (Å²) in [5.41, 5.74) is 3.70. The van der Waals surface area contributed by atoms with Crippen LogP contribution >= 0.6 is 18.8 Å². The molecule has 60 heavy (non-hydrogen) atoms. The summed E-state index contributed by atoms with van der Waals surface area (Å²) < 4.78 is 84.8. The third kappa shape index (κ3) is 12.3. The molecule has 0 amide bonds. The van der Waals surface area contributed by atoms with Crippen LogP contribution in [0, 0.1) is 23.3 Å². The average molecular weight is 875 g/mol. The van der Waals surface area contributed by atoms with Gasteiger partial charge in [-0.15, -0.1) is 0 Å². The Hall–Kier alpha value is -3.58. The quantitative estimate of drug-likeness (QED) is 0.0904. The molecule has 4 N–H and O–H groups in total. The van der Waals surface area contributed by atoms with E-state index in [4.69, 9.17) is 28.4 Å². The summed E-state index contributed by atoms with van der Waals surface area (Å²) in [6.45, 7) is 2.54. The molecule has 4 aromatic carbocycles. The molecule has 0 aliphatic carbocycles. The zero-order chi connectivity index (χ0) is 42.2. The summed E-state index contributed by atoms with van der Waals surface area (Å²) in [5.74, 6) is 2.14. The second kappa shape index (κ2) is 21.0. The molecular formula is C44H52F4N2O8P2. The fourth-order valence-corrected chi connectivity index (χ4v) is 8.11. The van der Waals surface area contributed by atoms with Crippen LogP contribution in [-0.4, -0.2) is 85.3 Å². The second-order valence-electron chi connectivity index (χ2n) is 15.5. The molecule has 0 bridgehead atoms. The summed E-state index contributed by atoms with van der Waals surface area (Å²) in [6, 6.07) is 18.4. The lowest BCUT2D eigenvalue weighted by molar-refractivity contribution is 0.0278. The number of rotatable bonds is 8. The van der Waals surface area contributed by atoms with Gasteiger partial charge in [0, 0.05) is 13.1 Å². The number of hydrogen-bond donors (Lipinski definition) is 4. The Morgan fingerprint density at radius 2 is 0.783 bits per heavy atom. The summed E-state index contributed by atoms with van der Waals surface area (Å²) in [6.07, 6.45) is 5.91. The fourth-order valence-electron chi connectivity index (χ4n) is 7.62. The van der Waals surface area contributed by atoms with Crippen LogP contribution in [0.25, 0.3) is 0 Å². The van der Waals surface area contributed by atoms with Gasteiger partial charge in [-0.3, -0.25) is 10.2 Å². The minimum atomic E-state index is -0.546. The molecule has 6 heterocycles. The molecular weight excluding hydrogens is 822 g/mol. The number of aliphatic hydroxyl groups is 2. The maximum atomic E-state index is 13.0. The first-order valence-corrected chi connectivity index (χ1v) is 21.5. The molecule has 0 radical (unpaired) electrons. The third-order valence-electron chi connectivity index (χ3n) is 11.1. The SMILES string of the molecule is Fc1ccc2c(c1)CC[C@H](C1CO1)O2.Fc1ccc2c(c1)CC[C@H](C1CO1)O2.O[C@@H](CNP)[C@H]1CCc2cc(F)ccc2O1.O[C@H](CNP)[C@H]1CCc2cc(F)ccc2O1. The molecule has 0 aromatic heterocycles. The standard InChI is InChI=1S/2C11H15FNO2P.2C11H11FO2/c2*12-8-2-4-10-7(5-8)1-3-11(15-10)9(14)6-13-16;2*12-8-2-4-9-7(5-8)1-3-10(14-9)11-6-13-11/h2*2,4-5,9,11,13-14H,1,3,6,16H2;2*2,4-5,10-11H,1,3,6H2/t9-,11+;9-,11-;2*10-,11?/m0111/s1. The van der Waals surface area contributed by atoms with Crippen molar-refractivity contribution in [2.24, 2.45) is 0 Å². The van der Waals surface area contributed by atoms with Gasteiger partial charge in [0.25, 0.3) is 0 Å². The van der Waals surface area contributed by atoms with Crippen molar-refractivity contribution < 1.29 is 56.2 Å². The Kier molecular flexibility index (Phi) is 15.6. The van der Waals surface area contributed by atoms with Gasteiger partial charge in [0.1, 0.15) is 95.1 Å². The zero-order valence-corrected chi connectivity index (χ0v) is 35.4. The Morgan fingerprint density at radius 3 is 1.08 bits per heavy atom. The van der Waals surface area contributed by atoms with Crippen LogP contribution in [0.1, 0.15) is 47.9 Å². The van der Waals surface area contributed by atoms with Gasteiger partial charge in [-0.05, 0) is 146 Å². The van der Waals surface area contributed by atoms with Gasteiger partial charge in [0.05, 0.1) is 13.2 Å². The molecule has 0 saturated carbocycles. The van der Waals surface area contributed by atoms with Gasteiger partial charge in [0.2, 0.25) is 0 Å².